The quantitative estimate of drug-likeness (QED) is 0.821. The summed E-state index contributed by atoms with van der Waals surface area (Å²) in [7, 11) is 0. The van der Waals surface area contributed by atoms with E-state index >= 15 is 0 Å². The largest absolute Gasteiger partial charge is 0.347 e. The van der Waals surface area contributed by atoms with E-state index in [0.29, 0.717) is 9.90 Å². The number of rotatable bonds is 2. The Morgan fingerprint density at radius 2 is 2.19 bits per heavy atom. The number of hydrogen-bond acceptors (Lipinski definition) is 2. The highest BCUT2D eigenvalue weighted by molar-refractivity contribution is 7.12. The van der Waals surface area contributed by atoms with E-state index in [-0.39, 0.29) is 17.3 Å². The first-order valence-electron chi connectivity index (χ1n) is 5.36. The van der Waals surface area contributed by atoms with Crippen molar-refractivity contribution in [2.45, 2.75) is 37.1 Å². The molecule has 0 bridgehead atoms. The van der Waals surface area contributed by atoms with Crippen LogP contribution in [0.15, 0.2) is 11.4 Å². The van der Waals surface area contributed by atoms with Gasteiger partial charge in [0.2, 0.25) is 0 Å². The van der Waals surface area contributed by atoms with Crippen LogP contribution >= 0.6 is 34.5 Å². The average molecular weight is 278 g/mol. The normalized spacial score (nSPS) is 25.4. The van der Waals surface area contributed by atoms with Crippen molar-refractivity contribution in [3.63, 3.8) is 0 Å². The molecule has 2 nitrogen and oxygen atoms in total. The summed E-state index contributed by atoms with van der Waals surface area (Å²) in [6.45, 7) is 0. The smallest absolute Gasteiger partial charge is 0.263 e. The summed E-state index contributed by atoms with van der Waals surface area (Å²) in [4.78, 5) is 12.5. The van der Waals surface area contributed by atoms with Gasteiger partial charge in [0.1, 0.15) is 4.88 Å². The van der Waals surface area contributed by atoms with Crippen molar-refractivity contribution >= 4 is 40.4 Å². The third-order valence-corrected chi connectivity index (χ3v) is 4.68. The molecule has 1 N–H and O–H groups in total. The van der Waals surface area contributed by atoms with E-state index in [2.05, 4.69) is 5.32 Å². The molecule has 1 amide bonds. The molecule has 0 aromatic carbocycles. The van der Waals surface area contributed by atoms with Crippen molar-refractivity contribution in [2.24, 2.45) is 0 Å². The fourth-order valence-electron chi connectivity index (χ4n) is 1.94. The van der Waals surface area contributed by atoms with Gasteiger partial charge in [0.15, 0.2) is 0 Å². The minimum Gasteiger partial charge on any atom is -0.347 e. The summed E-state index contributed by atoms with van der Waals surface area (Å²) in [6, 6.07) is 1.82. The number of amides is 1. The van der Waals surface area contributed by atoms with Gasteiger partial charge in [0.25, 0.3) is 5.91 Å². The SMILES string of the molecule is O=C(NC1CCCCC1Cl)c1sccc1Cl. The number of carbonyl (C=O) groups excluding carboxylic acids is 1. The Labute approximate surface area is 109 Å². The molecule has 2 rings (SSSR count). The summed E-state index contributed by atoms with van der Waals surface area (Å²) < 4.78 is 0. The Balaban J connectivity index is 1.99. The van der Waals surface area contributed by atoms with Gasteiger partial charge in [-0.25, -0.2) is 0 Å². The lowest BCUT2D eigenvalue weighted by Crippen LogP contribution is -2.42. The summed E-state index contributed by atoms with van der Waals surface area (Å²) in [6.07, 6.45) is 4.22. The Kier molecular flexibility index (Phi) is 4.11. The molecule has 1 aliphatic rings. The first-order valence-corrected chi connectivity index (χ1v) is 7.06. The van der Waals surface area contributed by atoms with Crippen LogP contribution in [0.5, 0.6) is 0 Å². The predicted octanol–water partition coefficient (Wildman–Crippen LogP) is 3.68. The van der Waals surface area contributed by atoms with Gasteiger partial charge in [-0.05, 0) is 24.3 Å². The summed E-state index contributed by atoms with van der Waals surface area (Å²) in [5, 5.41) is 5.35. The number of thiophene rings is 1. The Hall–Kier alpha value is -0.250. The molecule has 0 radical (unpaired) electrons. The van der Waals surface area contributed by atoms with E-state index in [4.69, 9.17) is 23.2 Å². The molecule has 2 unspecified atom stereocenters. The second-order valence-corrected chi connectivity index (χ2v) is 5.86. The van der Waals surface area contributed by atoms with E-state index in [9.17, 15) is 4.79 Å². The van der Waals surface area contributed by atoms with Crippen LogP contribution in [-0.4, -0.2) is 17.3 Å². The molecule has 0 spiro atoms. The highest BCUT2D eigenvalue weighted by atomic mass is 35.5. The molecule has 0 aliphatic heterocycles. The predicted molar refractivity (Wildman–Crippen MR) is 68.7 cm³/mol. The first kappa shape index (κ1) is 12.2. The molecule has 1 aromatic heterocycles. The van der Waals surface area contributed by atoms with Crippen LogP contribution in [-0.2, 0) is 0 Å². The van der Waals surface area contributed by atoms with Crippen molar-refractivity contribution in [3.05, 3.63) is 21.3 Å². The maximum Gasteiger partial charge on any atom is 0.263 e. The van der Waals surface area contributed by atoms with Crippen LogP contribution in [0.2, 0.25) is 5.02 Å². The van der Waals surface area contributed by atoms with Crippen LogP contribution in [0.25, 0.3) is 0 Å². The van der Waals surface area contributed by atoms with Crippen LogP contribution in [0, 0.1) is 0 Å². The van der Waals surface area contributed by atoms with Crippen molar-refractivity contribution in [1.29, 1.82) is 0 Å². The maximum atomic E-state index is 11.9. The van der Waals surface area contributed by atoms with Crippen LogP contribution in [0.1, 0.15) is 35.4 Å². The number of alkyl halides is 1. The monoisotopic (exact) mass is 277 g/mol. The molecular weight excluding hydrogens is 265 g/mol. The Morgan fingerprint density at radius 3 is 2.81 bits per heavy atom. The molecule has 1 heterocycles. The second kappa shape index (κ2) is 5.39. The fourth-order valence-corrected chi connectivity index (χ4v) is 3.33. The fraction of sp³-hybridized carbons (Fsp3) is 0.545. The van der Waals surface area contributed by atoms with Crippen molar-refractivity contribution in [2.75, 3.05) is 0 Å². The zero-order valence-corrected chi connectivity index (χ0v) is 11.0. The first-order chi connectivity index (χ1) is 7.68. The number of halogens is 2. The molecule has 0 saturated heterocycles. The van der Waals surface area contributed by atoms with Crippen LogP contribution < -0.4 is 5.32 Å². The molecule has 2 atom stereocenters. The molecule has 5 heteroatoms. The minimum atomic E-state index is -0.0995. The van der Waals surface area contributed by atoms with Gasteiger partial charge >= 0.3 is 0 Å². The lowest BCUT2D eigenvalue weighted by molar-refractivity contribution is 0.0933. The second-order valence-electron chi connectivity index (χ2n) is 3.98. The highest BCUT2D eigenvalue weighted by Crippen LogP contribution is 2.25. The van der Waals surface area contributed by atoms with E-state index < -0.39 is 0 Å². The van der Waals surface area contributed by atoms with Crippen molar-refractivity contribution in [1.82, 2.24) is 5.32 Å². The van der Waals surface area contributed by atoms with Crippen LogP contribution in [0.3, 0.4) is 0 Å². The van der Waals surface area contributed by atoms with Gasteiger partial charge in [0.05, 0.1) is 10.4 Å². The van der Waals surface area contributed by atoms with Gasteiger partial charge in [-0.1, -0.05) is 24.4 Å². The summed E-state index contributed by atoms with van der Waals surface area (Å²) in [5.41, 5.74) is 0. The third kappa shape index (κ3) is 2.70. The molecule has 1 aromatic rings. The zero-order chi connectivity index (χ0) is 11.5. The Bertz CT molecular complexity index is 380. The molecule has 1 aliphatic carbocycles. The Morgan fingerprint density at radius 1 is 1.44 bits per heavy atom. The number of carbonyl (C=O) groups is 1. The van der Waals surface area contributed by atoms with E-state index in [1.54, 1.807) is 6.07 Å². The molecular formula is C11H13Cl2NOS. The van der Waals surface area contributed by atoms with Gasteiger partial charge in [0, 0.05) is 6.04 Å². The van der Waals surface area contributed by atoms with Crippen molar-refractivity contribution in [3.8, 4) is 0 Å². The highest BCUT2D eigenvalue weighted by Gasteiger charge is 2.25. The average Bonchev–Trinajstić information content (AvgIpc) is 2.68. The molecule has 88 valence electrons. The van der Waals surface area contributed by atoms with Crippen molar-refractivity contribution < 1.29 is 4.79 Å². The third-order valence-electron chi connectivity index (χ3n) is 2.82. The van der Waals surface area contributed by atoms with E-state index in [0.717, 1.165) is 25.7 Å². The topological polar surface area (TPSA) is 29.1 Å². The molecule has 16 heavy (non-hydrogen) atoms. The zero-order valence-electron chi connectivity index (χ0n) is 8.71. The molecule has 1 saturated carbocycles. The van der Waals surface area contributed by atoms with Crippen LogP contribution in [0.4, 0.5) is 0 Å². The van der Waals surface area contributed by atoms with E-state index in [1.807, 2.05) is 5.38 Å². The lowest BCUT2D eigenvalue weighted by atomic mass is 9.95. The van der Waals surface area contributed by atoms with Gasteiger partial charge in [-0.2, -0.15) is 0 Å². The maximum absolute atomic E-state index is 11.9. The van der Waals surface area contributed by atoms with E-state index in [1.165, 1.54) is 11.3 Å². The summed E-state index contributed by atoms with van der Waals surface area (Å²) in [5.74, 6) is -0.0995. The van der Waals surface area contributed by atoms with Gasteiger partial charge in [-0.15, -0.1) is 22.9 Å². The number of nitrogens with one attached hydrogen (secondary N) is 1. The lowest BCUT2D eigenvalue weighted by Gasteiger charge is -2.27. The number of hydrogen-bond donors (Lipinski definition) is 1. The minimum absolute atomic E-state index is 0.0523. The molecule has 1 fully saturated rings. The van der Waals surface area contributed by atoms with Gasteiger partial charge < -0.3 is 5.32 Å². The summed E-state index contributed by atoms with van der Waals surface area (Å²) >= 11 is 13.4. The standard InChI is InChI=1S/C11H13Cl2NOS/c12-7-3-1-2-4-9(7)14-11(15)10-8(13)5-6-16-10/h5-7,9H,1-4H2,(H,14,15). The van der Waals surface area contributed by atoms with Gasteiger partial charge in [-0.3, -0.25) is 4.79 Å².